The Morgan fingerprint density at radius 2 is 1.81 bits per heavy atom. The van der Waals surface area contributed by atoms with E-state index < -0.39 is 16.0 Å². The number of hydrogen-bond donors (Lipinski definition) is 1. The average Bonchev–Trinajstić information content (AvgIpc) is 2.59. The summed E-state index contributed by atoms with van der Waals surface area (Å²) in [5, 5.41) is 9.03. The topological polar surface area (TPSA) is 77.9 Å². The maximum Gasteiger partial charge on any atom is 0.317 e. The van der Waals surface area contributed by atoms with Crippen molar-refractivity contribution in [2.24, 2.45) is 0 Å². The Balaban J connectivity index is 2.18. The molecule has 1 aliphatic heterocycles. The van der Waals surface area contributed by atoms with E-state index in [9.17, 15) is 13.2 Å². The van der Waals surface area contributed by atoms with E-state index in [1.54, 1.807) is 16.4 Å². The van der Waals surface area contributed by atoms with Gasteiger partial charge in [-0.1, -0.05) is 45.9 Å². The van der Waals surface area contributed by atoms with Gasteiger partial charge in [-0.05, 0) is 36.4 Å². The number of hydrogen-bond acceptors (Lipinski definition) is 4. The van der Waals surface area contributed by atoms with E-state index in [4.69, 9.17) is 5.11 Å². The summed E-state index contributed by atoms with van der Waals surface area (Å²) in [6.45, 7) is 9.46. The number of carboxylic acid groups (broad SMARTS) is 1. The quantitative estimate of drug-likeness (QED) is 0.818. The molecule has 0 radical (unpaired) electrons. The van der Waals surface area contributed by atoms with Gasteiger partial charge in [0.15, 0.2) is 0 Å². The SMILES string of the molecule is CCN(CC(=O)O)C1CCN(S(=O)(=O)c2ccccc2C(C)(C)C)CC1. The third-order valence-corrected chi connectivity index (χ3v) is 6.95. The molecule has 0 saturated carbocycles. The van der Waals surface area contributed by atoms with Crippen molar-refractivity contribution in [3.05, 3.63) is 29.8 Å². The lowest BCUT2D eigenvalue weighted by molar-refractivity contribution is -0.139. The summed E-state index contributed by atoms with van der Waals surface area (Å²) in [6, 6.07) is 7.31. The second-order valence-corrected chi connectivity index (χ2v) is 9.74. The van der Waals surface area contributed by atoms with Crippen molar-refractivity contribution in [3.8, 4) is 0 Å². The average molecular weight is 383 g/mol. The van der Waals surface area contributed by atoms with Crippen LogP contribution < -0.4 is 0 Å². The number of benzene rings is 1. The number of sulfonamides is 1. The van der Waals surface area contributed by atoms with Crippen molar-refractivity contribution in [3.63, 3.8) is 0 Å². The summed E-state index contributed by atoms with van der Waals surface area (Å²) in [5.41, 5.74) is 0.561. The smallest absolute Gasteiger partial charge is 0.317 e. The van der Waals surface area contributed by atoms with Crippen molar-refractivity contribution in [1.29, 1.82) is 0 Å². The third-order valence-electron chi connectivity index (χ3n) is 5.00. The van der Waals surface area contributed by atoms with E-state index in [0.29, 0.717) is 37.4 Å². The summed E-state index contributed by atoms with van der Waals surface area (Å²) >= 11 is 0. The minimum atomic E-state index is -3.56. The number of carbonyl (C=O) groups is 1. The Morgan fingerprint density at radius 1 is 1.23 bits per heavy atom. The molecule has 1 saturated heterocycles. The first kappa shape index (κ1) is 20.9. The molecule has 0 aliphatic carbocycles. The summed E-state index contributed by atoms with van der Waals surface area (Å²) in [7, 11) is -3.56. The molecule has 0 bridgehead atoms. The highest BCUT2D eigenvalue weighted by molar-refractivity contribution is 7.89. The van der Waals surface area contributed by atoms with Crippen LogP contribution in [0.1, 0.15) is 46.1 Å². The third kappa shape index (κ3) is 4.64. The predicted molar refractivity (Wildman–Crippen MR) is 102 cm³/mol. The minimum absolute atomic E-state index is 0.000768. The maximum absolute atomic E-state index is 13.2. The Morgan fingerprint density at radius 3 is 2.31 bits per heavy atom. The molecule has 0 atom stereocenters. The van der Waals surface area contributed by atoms with Crippen molar-refractivity contribution in [1.82, 2.24) is 9.21 Å². The van der Waals surface area contributed by atoms with Gasteiger partial charge in [0.25, 0.3) is 0 Å². The van der Waals surface area contributed by atoms with Crippen LogP contribution in [-0.4, -0.2) is 60.9 Å². The van der Waals surface area contributed by atoms with Gasteiger partial charge in [0.05, 0.1) is 11.4 Å². The summed E-state index contributed by atoms with van der Waals surface area (Å²) in [6.07, 6.45) is 1.30. The van der Waals surface area contributed by atoms with Gasteiger partial charge in [0, 0.05) is 19.1 Å². The molecule has 146 valence electrons. The van der Waals surface area contributed by atoms with Crippen LogP contribution in [0, 0.1) is 0 Å². The predicted octanol–water partition coefficient (Wildman–Crippen LogP) is 2.54. The van der Waals surface area contributed by atoms with Gasteiger partial charge in [-0.15, -0.1) is 0 Å². The highest BCUT2D eigenvalue weighted by Crippen LogP contribution is 2.32. The van der Waals surface area contributed by atoms with E-state index in [-0.39, 0.29) is 18.0 Å². The Labute approximate surface area is 156 Å². The van der Waals surface area contributed by atoms with Crippen molar-refractivity contribution >= 4 is 16.0 Å². The number of piperidine rings is 1. The largest absolute Gasteiger partial charge is 0.480 e. The summed E-state index contributed by atoms with van der Waals surface area (Å²) < 4.78 is 27.9. The fourth-order valence-electron chi connectivity index (χ4n) is 3.57. The van der Waals surface area contributed by atoms with E-state index in [2.05, 4.69) is 0 Å². The van der Waals surface area contributed by atoms with Crippen LogP contribution in [0.15, 0.2) is 29.2 Å². The van der Waals surface area contributed by atoms with Crippen LogP contribution in [0.3, 0.4) is 0 Å². The van der Waals surface area contributed by atoms with Gasteiger partial charge >= 0.3 is 5.97 Å². The fourth-order valence-corrected chi connectivity index (χ4v) is 5.44. The van der Waals surface area contributed by atoms with Crippen LogP contribution in [0.4, 0.5) is 0 Å². The molecule has 7 heteroatoms. The van der Waals surface area contributed by atoms with Crippen LogP contribution in [-0.2, 0) is 20.2 Å². The molecule has 1 heterocycles. The maximum atomic E-state index is 13.2. The first-order valence-corrected chi connectivity index (χ1v) is 10.6. The Kier molecular flexibility index (Phi) is 6.47. The number of nitrogens with zero attached hydrogens (tertiary/aromatic N) is 2. The van der Waals surface area contributed by atoms with Crippen molar-refractivity contribution in [2.45, 2.75) is 56.9 Å². The molecule has 0 spiro atoms. The molecule has 0 amide bonds. The Hall–Kier alpha value is -1.44. The van der Waals surface area contributed by atoms with Gasteiger partial charge in [0.1, 0.15) is 0 Å². The molecule has 6 nitrogen and oxygen atoms in total. The monoisotopic (exact) mass is 382 g/mol. The van der Waals surface area contributed by atoms with E-state index in [0.717, 1.165) is 5.56 Å². The standard InChI is InChI=1S/C19H30N2O4S/c1-5-20(14-18(22)23)15-10-12-21(13-11-15)26(24,25)17-9-7-6-8-16(17)19(2,3)4/h6-9,15H,5,10-14H2,1-4H3,(H,22,23). The van der Waals surface area contributed by atoms with E-state index >= 15 is 0 Å². The van der Waals surface area contributed by atoms with Crippen molar-refractivity contribution in [2.75, 3.05) is 26.2 Å². The molecule has 2 rings (SSSR count). The lowest BCUT2D eigenvalue weighted by Crippen LogP contribution is -2.48. The van der Waals surface area contributed by atoms with Crippen LogP contribution >= 0.6 is 0 Å². The van der Waals surface area contributed by atoms with Gasteiger partial charge in [-0.3, -0.25) is 9.69 Å². The second kappa shape index (κ2) is 8.06. The molecule has 1 fully saturated rings. The molecule has 1 N–H and O–H groups in total. The molecule has 1 aliphatic rings. The number of rotatable bonds is 6. The first-order valence-electron chi connectivity index (χ1n) is 9.13. The van der Waals surface area contributed by atoms with E-state index in [1.807, 2.05) is 44.7 Å². The highest BCUT2D eigenvalue weighted by atomic mass is 32.2. The molecule has 1 aromatic carbocycles. The summed E-state index contributed by atoms with van der Waals surface area (Å²) in [4.78, 5) is 13.3. The fraction of sp³-hybridized carbons (Fsp3) is 0.632. The lowest BCUT2D eigenvalue weighted by atomic mass is 9.87. The summed E-state index contributed by atoms with van der Waals surface area (Å²) in [5.74, 6) is -0.846. The van der Waals surface area contributed by atoms with E-state index in [1.165, 1.54) is 0 Å². The molecule has 0 aromatic heterocycles. The first-order chi connectivity index (χ1) is 12.1. The number of carboxylic acids is 1. The lowest BCUT2D eigenvalue weighted by Gasteiger charge is -2.37. The molecule has 0 unspecified atom stereocenters. The van der Waals surface area contributed by atoms with Gasteiger partial charge < -0.3 is 5.11 Å². The van der Waals surface area contributed by atoms with Crippen LogP contribution in [0.25, 0.3) is 0 Å². The van der Waals surface area contributed by atoms with Crippen LogP contribution in [0.5, 0.6) is 0 Å². The zero-order valence-electron chi connectivity index (χ0n) is 16.1. The number of aliphatic carboxylic acids is 1. The van der Waals surface area contributed by atoms with Gasteiger partial charge in [-0.2, -0.15) is 4.31 Å². The zero-order valence-corrected chi connectivity index (χ0v) is 16.9. The normalized spacial score (nSPS) is 17.6. The molecule has 1 aromatic rings. The highest BCUT2D eigenvalue weighted by Gasteiger charge is 2.34. The molecule has 26 heavy (non-hydrogen) atoms. The number of likely N-dealkylation sites (N-methyl/N-ethyl adjacent to an activating group) is 1. The minimum Gasteiger partial charge on any atom is -0.480 e. The van der Waals surface area contributed by atoms with Gasteiger partial charge in [0.2, 0.25) is 10.0 Å². The van der Waals surface area contributed by atoms with Crippen molar-refractivity contribution < 1.29 is 18.3 Å². The zero-order chi connectivity index (χ0) is 19.5. The second-order valence-electron chi connectivity index (χ2n) is 7.84. The van der Waals surface area contributed by atoms with Crippen LogP contribution in [0.2, 0.25) is 0 Å². The molecular formula is C19H30N2O4S. The molecular weight excluding hydrogens is 352 g/mol. The van der Waals surface area contributed by atoms with Gasteiger partial charge in [-0.25, -0.2) is 8.42 Å². The Bertz CT molecular complexity index is 732.